The van der Waals surface area contributed by atoms with Gasteiger partial charge in [-0.3, -0.25) is 14.8 Å². The number of morpholine rings is 1. The van der Waals surface area contributed by atoms with Crippen molar-refractivity contribution in [2.45, 2.75) is 44.3 Å². The van der Waals surface area contributed by atoms with E-state index in [4.69, 9.17) is 4.74 Å². The zero-order chi connectivity index (χ0) is 16.5. The first-order valence-electron chi connectivity index (χ1n) is 8.83. The molecule has 1 aromatic heterocycles. The number of rotatable bonds is 4. The van der Waals surface area contributed by atoms with Crippen LogP contribution < -0.4 is 5.32 Å². The van der Waals surface area contributed by atoms with Gasteiger partial charge in [-0.15, -0.1) is 0 Å². The molecule has 2 aliphatic rings. The van der Waals surface area contributed by atoms with Crippen LogP contribution in [0.2, 0.25) is 0 Å². The number of ether oxygens (including phenoxy) is 1. The molecule has 2 saturated heterocycles. The molecule has 0 spiro atoms. The molecule has 1 aromatic carbocycles. The molecule has 2 aromatic rings. The number of carbonyl (C=O) groups excluding carboxylic acids is 1. The number of aromatic amines is 1. The molecule has 2 N–H and O–H groups in total. The topological polar surface area (TPSA) is 70.2 Å². The van der Waals surface area contributed by atoms with Gasteiger partial charge in [0.15, 0.2) is 5.69 Å². The summed E-state index contributed by atoms with van der Waals surface area (Å²) in [5.41, 5.74) is 1.38. The first-order chi connectivity index (χ1) is 11.8. The van der Waals surface area contributed by atoms with Crippen LogP contribution in [0.15, 0.2) is 24.3 Å². The second kappa shape index (κ2) is 6.53. The van der Waals surface area contributed by atoms with Gasteiger partial charge in [0.2, 0.25) is 0 Å². The molecule has 2 fully saturated rings. The summed E-state index contributed by atoms with van der Waals surface area (Å²) in [6.07, 6.45) is 3.05. The highest BCUT2D eigenvalue weighted by Gasteiger charge is 2.39. The third-order valence-electron chi connectivity index (χ3n) is 5.17. The van der Waals surface area contributed by atoms with Crippen molar-refractivity contribution >= 4 is 16.8 Å². The van der Waals surface area contributed by atoms with E-state index in [2.05, 4.69) is 27.3 Å². The van der Waals surface area contributed by atoms with Gasteiger partial charge in [0.05, 0.1) is 18.7 Å². The van der Waals surface area contributed by atoms with E-state index in [0.717, 1.165) is 49.9 Å². The van der Waals surface area contributed by atoms with E-state index in [0.29, 0.717) is 17.8 Å². The van der Waals surface area contributed by atoms with E-state index in [-0.39, 0.29) is 11.9 Å². The molecular formula is C18H24N4O2. The fraction of sp³-hybridized carbons (Fsp3) is 0.556. The molecule has 0 unspecified atom stereocenters. The highest BCUT2D eigenvalue weighted by molar-refractivity contribution is 6.04. The van der Waals surface area contributed by atoms with Crippen molar-refractivity contribution in [2.24, 2.45) is 0 Å². The summed E-state index contributed by atoms with van der Waals surface area (Å²) in [4.78, 5) is 15.2. The van der Waals surface area contributed by atoms with E-state index in [1.807, 2.05) is 24.3 Å². The summed E-state index contributed by atoms with van der Waals surface area (Å²) < 4.78 is 5.72. The molecule has 0 aliphatic carbocycles. The van der Waals surface area contributed by atoms with Gasteiger partial charge in [0, 0.05) is 23.5 Å². The number of nitrogens with one attached hydrogen (secondary N) is 2. The predicted molar refractivity (Wildman–Crippen MR) is 92.0 cm³/mol. The number of aromatic nitrogens is 2. The van der Waals surface area contributed by atoms with Gasteiger partial charge in [-0.2, -0.15) is 5.10 Å². The van der Waals surface area contributed by atoms with E-state index in [9.17, 15) is 4.79 Å². The molecule has 2 bridgehead atoms. The number of para-hydroxylation sites is 1. The van der Waals surface area contributed by atoms with Crippen LogP contribution in [-0.2, 0) is 4.74 Å². The second-order valence-electron chi connectivity index (χ2n) is 6.84. The minimum absolute atomic E-state index is 0.0830. The number of piperidine rings is 1. The van der Waals surface area contributed by atoms with Crippen LogP contribution >= 0.6 is 0 Å². The average molecular weight is 328 g/mol. The molecule has 24 heavy (non-hydrogen) atoms. The Hall–Kier alpha value is -1.92. The lowest BCUT2D eigenvalue weighted by Crippen LogP contribution is -2.60. The molecule has 4 rings (SSSR count). The molecule has 1 amide bonds. The number of hydrogen-bond acceptors (Lipinski definition) is 4. The standard InChI is InChI=1S/C18H24N4O2/c1-2-7-22-13-8-12(9-14(22)11-24-10-13)19-18(23)17-15-5-3-4-6-16(15)20-21-17/h3-6,12-14H,2,7-11H2,1H3,(H,19,23)(H,20,21)/t12-,13-,14+. The SMILES string of the molecule is CCCN1[C@@H]2COC[C@H]1C[C@@H](NC(=O)c1n[nH]c3ccccc13)C2. The average Bonchev–Trinajstić information content (AvgIpc) is 3.00. The van der Waals surface area contributed by atoms with Gasteiger partial charge in [0.1, 0.15) is 0 Å². The molecule has 128 valence electrons. The Balaban J connectivity index is 1.47. The Labute approximate surface area is 141 Å². The van der Waals surface area contributed by atoms with Crippen molar-refractivity contribution in [3.8, 4) is 0 Å². The highest BCUT2D eigenvalue weighted by Crippen LogP contribution is 2.28. The maximum absolute atomic E-state index is 12.7. The predicted octanol–water partition coefficient (Wildman–Crippen LogP) is 1.93. The Morgan fingerprint density at radius 3 is 2.83 bits per heavy atom. The third kappa shape index (κ3) is 2.80. The minimum Gasteiger partial charge on any atom is -0.378 e. The number of benzene rings is 1. The summed E-state index contributed by atoms with van der Waals surface area (Å²) in [5, 5.41) is 11.2. The van der Waals surface area contributed by atoms with E-state index < -0.39 is 0 Å². The number of carbonyl (C=O) groups is 1. The Bertz CT molecular complexity index is 715. The third-order valence-corrected chi connectivity index (χ3v) is 5.17. The van der Waals surface area contributed by atoms with Crippen LogP contribution in [0.25, 0.3) is 10.9 Å². The van der Waals surface area contributed by atoms with Gasteiger partial charge in [0.25, 0.3) is 5.91 Å². The van der Waals surface area contributed by atoms with Crippen molar-refractivity contribution in [3.05, 3.63) is 30.0 Å². The largest absolute Gasteiger partial charge is 0.378 e. The zero-order valence-corrected chi connectivity index (χ0v) is 14.0. The van der Waals surface area contributed by atoms with Gasteiger partial charge in [-0.25, -0.2) is 0 Å². The molecule has 6 heteroatoms. The zero-order valence-electron chi connectivity index (χ0n) is 14.0. The second-order valence-corrected chi connectivity index (χ2v) is 6.84. The number of fused-ring (bicyclic) bond motifs is 3. The lowest BCUT2D eigenvalue weighted by molar-refractivity contribution is -0.0797. The minimum atomic E-state index is -0.0830. The maximum atomic E-state index is 12.7. The van der Waals surface area contributed by atoms with Crippen molar-refractivity contribution in [2.75, 3.05) is 19.8 Å². The smallest absolute Gasteiger partial charge is 0.272 e. The normalized spacial score (nSPS) is 27.3. The molecule has 0 radical (unpaired) electrons. The lowest BCUT2D eigenvalue weighted by Gasteiger charge is -2.48. The van der Waals surface area contributed by atoms with Gasteiger partial charge >= 0.3 is 0 Å². The van der Waals surface area contributed by atoms with Gasteiger partial charge in [-0.05, 0) is 31.9 Å². The summed E-state index contributed by atoms with van der Waals surface area (Å²) in [6.45, 7) is 4.87. The molecule has 0 saturated carbocycles. The van der Waals surface area contributed by atoms with Crippen molar-refractivity contribution in [1.82, 2.24) is 20.4 Å². The molecule has 6 nitrogen and oxygen atoms in total. The van der Waals surface area contributed by atoms with Crippen LogP contribution in [0.5, 0.6) is 0 Å². The summed E-state index contributed by atoms with van der Waals surface area (Å²) in [5.74, 6) is -0.0830. The summed E-state index contributed by atoms with van der Waals surface area (Å²) in [6, 6.07) is 8.76. The fourth-order valence-electron chi connectivity index (χ4n) is 4.12. The summed E-state index contributed by atoms with van der Waals surface area (Å²) in [7, 11) is 0. The quantitative estimate of drug-likeness (QED) is 0.900. The number of H-pyrrole nitrogens is 1. The first-order valence-corrected chi connectivity index (χ1v) is 8.83. The van der Waals surface area contributed by atoms with Crippen molar-refractivity contribution < 1.29 is 9.53 Å². The van der Waals surface area contributed by atoms with Crippen molar-refractivity contribution in [1.29, 1.82) is 0 Å². The van der Waals surface area contributed by atoms with Crippen LogP contribution in [0, 0.1) is 0 Å². The fourth-order valence-corrected chi connectivity index (χ4v) is 4.12. The molecular weight excluding hydrogens is 304 g/mol. The molecule has 3 heterocycles. The first kappa shape index (κ1) is 15.6. The van der Waals surface area contributed by atoms with Gasteiger partial charge in [-0.1, -0.05) is 25.1 Å². The maximum Gasteiger partial charge on any atom is 0.272 e. The van der Waals surface area contributed by atoms with E-state index in [1.54, 1.807) is 0 Å². The lowest BCUT2D eigenvalue weighted by atomic mass is 9.89. The molecule has 3 atom stereocenters. The van der Waals surface area contributed by atoms with Gasteiger partial charge < -0.3 is 10.1 Å². The number of nitrogens with zero attached hydrogens (tertiary/aromatic N) is 2. The van der Waals surface area contributed by atoms with Crippen LogP contribution in [0.4, 0.5) is 0 Å². The van der Waals surface area contributed by atoms with Crippen LogP contribution in [-0.4, -0.2) is 58.9 Å². The van der Waals surface area contributed by atoms with E-state index >= 15 is 0 Å². The summed E-state index contributed by atoms with van der Waals surface area (Å²) >= 11 is 0. The Morgan fingerprint density at radius 2 is 2.08 bits per heavy atom. The monoisotopic (exact) mass is 328 g/mol. The van der Waals surface area contributed by atoms with Crippen LogP contribution in [0.3, 0.4) is 0 Å². The highest BCUT2D eigenvalue weighted by atomic mass is 16.5. The van der Waals surface area contributed by atoms with Crippen LogP contribution in [0.1, 0.15) is 36.7 Å². The number of hydrogen-bond donors (Lipinski definition) is 2. The Kier molecular flexibility index (Phi) is 4.24. The van der Waals surface area contributed by atoms with E-state index in [1.165, 1.54) is 0 Å². The number of amides is 1. The Morgan fingerprint density at radius 1 is 1.33 bits per heavy atom. The van der Waals surface area contributed by atoms with Crippen molar-refractivity contribution in [3.63, 3.8) is 0 Å². The molecule has 2 aliphatic heterocycles.